The van der Waals surface area contributed by atoms with Gasteiger partial charge in [0.1, 0.15) is 0 Å². The lowest BCUT2D eigenvalue weighted by atomic mass is 9.99. The molecule has 1 unspecified atom stereocenters. The van der Waals surface area contributed by atoms with Gasteiger partial charge in [-0.2, -0.15) is 0 Å². The van der Waals surface area contributed by atoms with E-state index >= 15 is 0 Å². The molecule has 0 saturated carbocycles. The van der Waals surface area contributed by atoms with E-state index in [1.54, 1.807) is 6.07 Å². The van der Waals surface area contributed by atoms with E-state index in [0.29, 0.717) is 5.02 Å². The Morgan fingerprint density at radius 3 is 2.24 bits per heavy atom. The minimum absolute atomic E-state index is 0.310. The van der Waals surface area contributed by atoms with E-state index in [9.17, 15) is 5.21 Å². The maximum atomic E-state index is 11.7. The van der Waals surface area contributed by atoms with Crippen LogP contribution in [0.25, 0.3) is 0 Å². The van der Waals surface area contributed by atoms with Crippen LogP contribution in [0.4, 0.5) is 0 Å². The van der Waals surface area contributed by atoms with Crippen molar-refractivity contribution >= 4 is 11.6 Å². The van der Waals surface area contributed by atoms with Crippen LogP contribution in [0.2, 0.25) is 5.02 Å². The van der Waals surface area contributed by atoms with Crippen LogP contribution in [0.15, 0.2) is 54.6 Å². The Balaban J connectivity index is 2.43. The number of hydroxylamine groups is 2. The van der Waals surface area contributed by atoms with Crippen LogP contribution in [0.1, 0.15) is 17.2 Å². The Bertz CT molecular complexity index is 485. The lowest BCUT2D eigenvalue weighted by Crippen LogP contribution is -2.19. The molecule has 0 bridgehead atoms. The molecule has 2 nitrogen and oxygen atoms in total. The lowest BCUT2D eigenvalue weighted by Gasteiger charge is -2.34. The summed E-state index contributed by atoms with van der Waals surface area (Å²) in [5.41, 5.74) is 1.87. The van der Waals surface area contributed by atoms with Gasteiger partial charge in [0.05, 0.1) is 0 Å². The zero-order valence-corrected chi connectivity index (χ0v) is 10.3. The third kappa shape index (κ3) is 2.86. The number of hydrogen-bond donors (Lipinski definition) is 0. The molecular weight excluding hydrogens is 234 g/mol. The van der Waals surface area contributed by atoms with Gasteiger partial charge < -0.3 is 10.3 Å². The van der Waals surface area contributed by atoms with Gasteiger partial charge in [-0.15, -0.1) is 0 Å². The topological polar surface area (TPSA) is 26.3 Å². The fourth-order valence-electron chi connectivity index (χ4n) is 1.92. The second-order valence-corrected chi connectivity index (χ2v) is 4.35. The Morgan fingerprint density at radius 2 is 1.65 bits per heavy atom. The second-order valence-electron chi connectivity index (χ2n) is 3.91. The van der Waals surface area contributed by atoms with E-state index in [0.717, 1.165) is 16.2 Å². The zero-order valence-electron chi connectivity index (χ0n) is 9.51. The van der Waals surface area contributed by atoms with Gasteiger partial charge in [0.15, 0.2) is 0 Å². The molecule has 0 saturated heterocycles. The second kappa shape index (κ2) is 5.32. The van der Waals surface area contributed by atoms with Crippen LogP contribution < -0.4 is 0 Å². The molecule has 0 aliphatic carbocycles. The quantitative estimate of drug-likeness (QED) is 0.769. The smallest absolute Gasteiger partial charge is 0.0486 e. The van der Waals surface area contributed by atoms with Crippen molar-refractivity contribution in [2.75, 3.05) is 7.05 Å². The normalized spacial score (nSPS) is 12.7. The van der Waals surface area contributed by atoms with Gasteiger partial charge in [0.25, 0.3) is 0 Å². The molecule has 88 valence electrons. The molecule has 0 aliphatic rings. The molecule has 0 aliphatic heterocycles. The van der Waals surface area contributed by atoms with Crippen LogP contribution in [0.5, 0.6) is 0 Å². The highest BCUT2D eigenvalue weighted by Gasteiger charge is 2.13. The molecule has 0 fully saturated rings. The average molecular weight is 247 g/mol. The van der Waals surface area contributed by atoms with E-state index in [4.69, 9.17) is 11.6 Å². The number of nitrogens with zero attached hydrogens (tertiary/aromatic N) is 1. The SMILES string of the molecule is CN([O-])C(c1ccccc1)c1cccc(Cl)c1. The Hall–Kier alpha value is -1.35. The highest BCUT2D eigenvalue weighted by Crippen LogP contribution is 2.28. The molecule has 2 aromatic rings. The molecule has 2 rings (SSSR count). The van der Waals surface area contributed by atoms with Crippen molar-refractivity contribution in [2.45, 2.75) is 6.04 Å². The van der Waals surface area contributed by atoms with E-state index in [2.05, 4.69) is 0 Å². The predicted octanol–water partition coefficient (Wildman–Crippen LogP) is 3.86. The Labute approximate surface area is 106 Å². The monoisotopic (exact) mass is 246 g/mol. The van der Waals surface area contributed by atoms with Crippen molar-refractivity contribution in [3.05, 3.63) is 76.0 Å². The van der Waals surface area contributed by atoms with Gasteiger partial charge in [-0.3, -0.25) is 0 Å². The van der Waals surface area contributed by atoms with Gasteiger partial charge in [0.2, 0.25) is 0 Å². The van der Waals surface area contributed by atoms with Crippen molar-refractivity contribution < 1.29 is 0 Å². The van der Waals surface area contributed by atoms with Crippen LogP contribution in [-0.2, 0) is 0 Å². The number of rotatable bonds is 3. The predicted molar refractivity (Wildman–Crippen MR) is 70.9 cm³/mol. The molecular formula is C14H13ClNO-. The highest BCUT2D eigenvalue weighted by atomic mass is 35.5. The van der Waals surface area contributed by atoms with Crippen LogP contribution >= 0.6 is 11.6 Å². The van der Waals surface area contributed by atoms with Gasteiger partial charge >= 0.3 is 0 Å². The summed E-state index contributed by atoms with van der Waals surface area (Å²) in [6.07, 6.45) is 0. The van der Waals surface area contributed by atoms with E-state index < -0.39 is 0 Å². The molecule has 0 spiro atoms. The summed E-state index contributed by atoms with van der Waals surface area (Å²) in [5.74, 6) is 0. The molecule has 0 aromatic heterocycles. The standard InChI is InChI=1S/C14H13ClNO/c1-16(17)14(11-6-3-2-4-7-11)12-8-5-9-13(15)10-12/h2-10,14H,1H3/q-1. The summed E-state index contributed by atoms with van der Waals surface area (Å²) in [5, 5.41) is 13.3. The zero-order chi connectivity index (χ0) is 12.3. The minimum atomic E-state index is -0.310. The fraction of sp³-hybridized carbons (Fsp3) is 0.143. The summed E-state index contributed by atoms with van der Waals surface area (Å²) in [7, 11) is 1.53. The molecule has 0 amide bonds. The summed E-state index contributed by atoms with van der Waals surface area (Å²) in [6, 6.07) is 16.8. The largest absolute Gasteiger partial charge is 0.785 e. The maximum absolute atomic E-state index is 11.7. The molecule has 0 radical (unpaired) electrons. The summed E-state index contributed by atoms with van der Waals surface area (Å²) in [4.78, 5) is 0. The fourth-order valence-corrected chi connectivity index (χ4v) is 2.12. The van der Waals surface area contributed by atoms with Gasteiger partial charge in [0, 0.05) is 11.1 Å². The molecule has 2 aromatic carbocycles. The van der Waals surface area contributed by atoms with E-state index in [-0.39, 0.29) is 6.04 Å². The Morgan fingerprint density at radius 1 is 1.00 bits per heavy atom. The summed E-state index contributed by atoms with van der Waals surface area (Å²) >= 11 is 5.96. The van der Waals surface area contributed by atoms with Gasteiger partial charge in [-0.05, 0) is 30.3 Å². The molecule has 0 heterocycles. The van der Waals surface area contributed by atoms with Crippen molar-refractivity contribution in [1.82, 2.24) is 5.06 Å². The summed E-state index contributed by atoms with van der Waals surface area (Å²) in [6.45, 7) is 0. The third-order valence-corrected chi connectivity index (χ3v) is 2.88. The van der Waals surface area contributed by atoms with Gasteiger partial charge in [-0.25, -0.2) is 0 Å². The van der Waals surface area contributed by atoms with Crippen LogP contribution in [0.3, 0.4) is 0 Å². The first kappa shape index (κ1) is 12.1. The minimum Gasteiger partial charge on any atom is -0.785 e. The third-order valence-electron chi connectivity index (χ3n) is 2.64. The van der Waals surface area contributed by atoms with E-state index in [1.807, 2.05) is 48.5 Å². The number of halogens is 1. The maximum Gasteiger partial charge on any atom is 0.0486 e. The van der Waals surface area contributed by atoms with E-state index in [1.165, 1.54) is 7.05 Å². The lowest BCUT2D eigenvalue weighted by molar-refractivity contribution is 0.386. The first-order chi connectivity index (χ1) is 8.18. The molecule has 17 heavy (non-hydrogen) atoms. The first-order valence-electron chi connectivity index (χ1n) is 5.39. The number of hydrogen-bond acceptors (Lipinski definition) is 2. The molecule has 1 atom stereocenters. The molecule has 3 heteroatoms. The van der Waals surface area contributed by atoms with Crippen molar-refractivity contribution in [3.8, 4) is 0 Å². The first-order valence-corrected chi connectivity index (χ1v) is 5.76. The van der Waals surface area contributed by atoms with Crippen molar-refractivity contribution in [2.24, 2.45) is 0 Å². The van der Waals surface area contributed by atoms with Crippen molar-refractivity contribution in [1.29, 1.82) is 0 Å². The number of benzene rings is 2. The average Bonchev–Trinajstić information content (AvgIpc) is 2.30. The van der Waals surface area contributed by atoms with Crippen molar-refractivity contribution in [3.63, 3.8) is 0 Å². The highest BCUT2D eigenvalue weighted by molar-refractivity contribution is 6.30. The summed E-state index contributed by atoms with van der Waals surface area (Å²) < 4.78 is 0. The Kier molecular flexibility index (Phi) is 3.79. The molecule has 0 N–H and O–H groups in total. The van der Waals surface area contributed by atoms with Gasteiger partial charge in [-0.1, -0.05) is 54.1 Å². The van der Waals surface area contributed by atoms with Crippen LogP contribution in [0, 0.1) is 5.21 Å². The van der Waals surface area contributed by atoms with Crippen LogP contribution in [-0.4, -0.2) is 12.1 Å².